The fraction of sp³-hybridized carbons (Fsp3) is 0.538. The molecular weight excluding hydrogens is 314 g/mol. The average molecular weight is 332 g/mol. The second-order valence-corrected chi connectivity index (χ2v) is 7.63. The third-order valence-corrected chi connectivity index (χ3v) is 6.48. The van der Waals surface area contributed by atoms with Gasteiger partial charge in [-0.15, -0.1) is 0 Å². The molecular formula is C13H18BrNS2. The number of hydrogen-bond donors (Lipinski definition) is 1. The van der Waals surface area contributed by atoms with Crippen LogP contribution in [0, 0.1) is 0 Å². The summed E-state index contributed by atoms with van der Waals surface area (Å²) in [6.07, 6.45) is 0. The Hall–Kier alpha value is 0.360. The van der Waals surface area contributed by atoms with Crippen molar-refractivity contribution < 1.29 is 0 Å². The molecule has 2 atom stereocenters. The molecule has 0 radical (unpaired) electrons. The van der Waals surface area contributed by atoms with Crippen molar-refractivity contribution >= 4 is 39.5 Å². The van der Waals surface area contributed by atoms with E-state index in [1.807, 2.05) is 0 Å². The molecule has 0 saturated carbocycles. The zero-order chi connectivity index (χ0) is 12.1. The summed E-state index contributed by atoms with van der Waals surface area (Å²) < 4.78 is 1.20. The molecule has 1 nitrogen and oxygen atoms in total. The Morgan fingerprint density at radius 3 is 2.94 bits per heavy atom. The molecule has 0 aliphatic carbocycles. The Morgan fingerprint density at radius 1 is 1.41 bits per heavy atom. The molecule has 1 N–H and O–H groups in total. The largest absolute Gasteiger partial charge is 0.309 e. The fourth-order valence-electron chi connectivity index (χ4n) is 1.90. The number of nitrogens with one attached hydrogen (secondary N) is 1. The number of thioether (sulfide) groups is 2. The van der Waals surface area contributed by atoms with Crippen LogP contribution < -0.4 is 5.32 Å². The van der Waals surface area contributed by atoms with Crippen molar-refractivity contribution in [2.24, 2.45) is 0 Å². The Morgan fingerprint density at radius 2 is 2.24 bits per heavy atom. The predicted octanol–water partition coefficient (Wildman–Crippen LogP) is 3.95. The molecule has 2 unspecified atom stereocenters. The van der Waals surface area contributed by atoms with Crippen molar-refractivity contribution in [3.05, 3.63) is 34.3 Å². The van der Waals surface area contributed by atoms with E-state index in [9.17, 15) is 0 Å². The van der Waals surface area contributed by atoms with Crippen LogP contribution in [-0.4, -0.2) is 29.1 Å². The quantitative estimate of drug-likeness (QED) is 0.897. The van der Waals surface area contributed by atoms with Gasteiger partial charge in [0.25, 0.3) is 0 Å². The highest BCUT2D eigenvalue weighted by atomic mass is 79.9. The number of hydrogen-bond acceptors (Lipinski definition) is 3. The Balaban J connectivity index is 1.84. The van der Waals surface area contributed by atoms with Crippen molar-refractivity contribution in [2.45, 2.75) is 18.2 Å². The molecule has 0 spiro atoms. The standard InChI is InChI=1S/C13H18BrNS2/c1-10(12-4-2-3-5-13(12)14)15-8-11-9-16-6-7-17-11/h2-5,10-11,15H,6-9H2,1H3. The lowest BCUT2D eigenvalue weighted by molar-refractivity contribution is 0.575. The van der Waals surface area contributed by atoms with E-state index in [2.05, 4.69) is 76.0 Å². The third-order valence-electron chi connectivity index (χ3n) is 2.91. The van der Waals surface area contributed by atoms with Crippen molar-refractivity contribution in [1.82, 2.24) is 5.32 Å². The van der Waals surface area contributed by atoms with Gasteiger partial charge >= 0.3 is 0 Å². The van der Waals surface area contributed by atoms with Crippen LogP contribution in [0.25, 0.3) is 0 Å². The van der Waals surface area contributed by atoms with Crippen molar-refractivity contribution in [1.29, 1.82) is 0 Å². The highest BCUT2D eigenvalue weighted by molar-refractivity contribution is 9.10. The predicted molar refractivity (Wildman–Crippen MR) is 84.1 cm³/mol. The van der Waals surface area contributed by atoms with E-state index in [0.29, 0.717) is 6.04 Å². The first kappa shape index (κ1) is 13.8. The summed E-state index contributed by atoms with van der Waals surface area (Å²) in [5.74, 6) is 3.92. The van der Waals surface area contributed by atoms with Crippen LogP contribution in [-0.2, 0) is 0 Å². The maximum atomic E-state index is 3.65. The van der Waals surface area contributed by atoms with E-state index in [1.54, 1.807) is 0 Å². The second-order valence-electron chi connectivity index (χ2n) is 4.22. The molecule has 94 valence electrons. The van der Waals surface area contributed by atoms with Gasteiger partial charge in [-0.1, -0.05) is 34.1 Å². The molecule has 1 aromatic carbocycles. The van der Waals surface area contributed by atoms with Gasteiger partial charge in [-0.2, -0.15) is 23.5 Å². The summed E-state index contributed by atoms with van der Waals surface area (Å²) in [6, 6.07) is 8.87. The molecule has 1 aliphatic rings. The van der Waals surface area contributed by atoms with E-state index in [1.165, 1.54) is 27.3 Å². The van der Waals surface area contributed by atoms with Crippen molar-refractivity contribution in [3.63, 3.8) is 0 Å². The molecule has 4 heteroatoms. The Kier molecular flexibility index (Phi) is 5.74. The van der Waals surface area contributed by atoms with Gasteiger partial charge in [-0.3, -0.25) is 0 Å². The molecule has 2 rings (SSSR count). The van der Waals surface area contributed by atoms with Gasteiger partial charge in [0.15, 0.2) is 0 Å². The van der Waals surface area contributed by atoms with Crippen LogP contribution in [0.2, 0.25) is 0 Å². The van der Waals surface area contributed by atoms with E-state index in [0.717, 1.165) is 11.8 Å². The van der Waals surface area contributed by atoms with Crippen LogP contribution in [0.3, 0.4) is 0 Å². The van der Waals surface area contributed by atoms with Gasteiger partial charge in [0.05, 0.1) is 0 Å². The van der Waals surface area contributed by atoms with Gasteiger partial charge in [0.1, 0.15) is 0 Å². The van der Waals surface area contributed by atoms with Crippen molar-refractivity contribution in [3.8, 4) is 0 Å². The maximum absolute atomic E-state index is 3.65. The lowest BCUT2D eigenvalue weighted by Crippen LogP contribution is -2.30. The first-order valence-electron chi connectivity index (χ1n) is 5.94. The normalized spacial score (nSPS) is 22.4. The molecule has 1 heterocycles. The van der Waals surface area contributed by atoms with Crippen LogP contribution in [0.4, 0.5) is 0 Å². The second kappa shape index (κ2) is 7.07. The number of benzene rings is 1. The molecule has 1 saturated heterocycles. The van der Waals surface area contributed by atoms with Crippen LogP contribution in [0.15, 0.2) is 28.7 Å². The zero-order valence-corrected chi connectivity index (χ0v) is 13.2. The highest BCUT2D eigenvalue weighted by Gasteiger charge is 2.16. The van der Waals surface area contributed by atoms with Gasteiger partial charge in [0.2, 0.25) is 0 Å². The minimum absolute atomic E-state index is 0.415. The van der Waals surface area contributed by atoms with E-state index in [4.69, 9.17) is 0 Å². The fourth-order valence-corrected chi connectivity index (χ4v) is 5.15. The summed E-state index contributed by atoms with van der Waals surface area (Å²) in [5, 5.41) is 4.42. The van der Waals surface area contributed by atoms with Gasteiger partial charge < -0.3 is 5.32 Å². The summed E-state index contributed by atoms with van der Waals surface area (Å²) >= 11 is 7.81. The van der Waals surface area contributed by atoms with E-state index in [-0.39, 0.29) is 0 Å². The summed E-state index contributed by atoms with van der Waals surface area (Å²) in [7, 11) is 0. The molecule has 1 fully saturated rings. The minimum Gasteiger partial charge on any atom is -0.309 e. The average Bonchev–Trinajstić information content (AvgIpc) is 2.38. The Bertz CT molecular complexity index is 353. The molecule has 0 amide bonds. The topological polar surface area (TPSA) is 12.0 Å². The first-order valence-corrected chi connectivity index (χ1v) is 8.94. The van der Waals surface area contributed by atoms with Crippen LogP contribution in [0.1, 0.15) is 18.5 Å². The number of halogens is 1. The molecule has 1 aliphatic heterocycles. The van der Waals surface area contributed by atoms with Gasteiger partial charge in [-0.05, 0) is 18.6 Å². The van der Waals surface area contributed by atoms with E-state index < -0.39 is 0 Å². The minimum atomic E-state index is 0.415. The zero-order valence-electron chi connectivity index (χ0n) is 9.99. The van der Waals surface area contributed by atoms with Crippen LogP contribution in [0.5, 0.6) is 0 Å². The monoisotopic (exact) mass is 331 g/mol. The summed E-state index contributed by atoms with van der Waals surface area (Å²) in [6.45, 7) is 3.35. The summed E-state index contributed by atoms with van der Waals surface area (Å²) in [4.78, 5) is 0. The summed E-state index contributed by atoms with van der Waals surface area (Å²) in [5.41, 5.74) is 1.35. The van der Waals surface area contributed by atoms with Crippen molar-refractivity contribution in [2.75, 3.05) is 23.8 Å². The molecule has 0 bridgehead atoms. The van der Waals surface area contributed by atoms with E-state index >= 15 is 0 Å². The smallest absolute Gasteiger partial charge is 0.0303 e. The lowest BCUT2D eigenvalue weighted by atomic mass is 10.1. The SMILES string of the molecule is CC(NCC1CSCCS1)c1ccccc1Br. The van der Waals surface area contributed by atoms with Gasteiger partial charge in [-0.25, -0.2) is 0 Å². The molecule has 0 aromatic heterocycles. The lowest BCUT2D eigenvalue weighted by Gasteiger charge is -2.24. The molecule has 17 heavy (non-hydrogen) atoms. The highest BCUT2D eigenvalue weighted by Crippen LogP contribution is 2.26. The van der Waals surface area contributed by atoms with Gasteiger partial charge in [0, 0.05) is 39.6 Å². The maximum Gasteiger partial charge on any atom is 0.0303 e. The van der Waals surface area contributed by atoms with Crippen LogP contribution >= 0.6 is 39.5 Å². The molecule has 1 aromatic rings. The Labute approximate surface area is 121 Å². The first-order chi connectivity index (χ1) is 8.27. The third kappa shape index (κ3) is 4.19. The number of rotatable bonds is 4.